The molecular formula is C10H16O. The summed E-state index contributed by atoms with van der Waals surface area (Å²) in [6.07, 6.45) is 7.41. The van der Waals surface area contributed by atoms with E-state index in [-0.39, 0.29) is 0 Å². The van der Waals surface area contributed by atoms with E-state index in [1.807, 2.05) is 0 Å². The predicted octanol–water partition coefficient (Wildman–Crippen LogP) is 2.55. The van der Waals surface area contributed by atoms with Crippen molar-refractivity contribution < 1.29 is 4.79 Å². The molecule has 0 saturated heterocycles. The molecule has 2 saturated carbocycles. The number of rotatable bonds is 0. The van der Waals surface area contributed by atoms with Crippen molar-refractivity contribution >= 4 is 5.78 Å². The molecule has 1 heteroatoms. The van der Waals surface area contributed by atoms with Gasteiger partial charge in [0, 0.05) is 12.3 Å². The molecule has 0 N–H and O–H groups in total. The molecule has 1 spiro atoms. The van der Waals surface area contributed by atoms with Gasteiger partial charge in [0.1, 0.15) is 5.78 Å². The van der Waals surface area contributed by atoms with Crippen molar-refractivity contribution in [3.05, 3.63) is 0 Å². The third-order valence-electron chi connectivity index (χ3n) is 3.87. The van der Waals surface area contributed by atoms with E-state index in [2.05, 4.69) is 6.92 Å². The zero-order chi connectivity index (χ0) is 7.90. The number of ketones is 1. The van der Waals surface area contributed by atoms with E-state index >= 15 is 0 Å². The van der Waals surface area contributed by atoms with Crippen LogP contribution in [0.2, 0.25) is 0 Å². The fourth-order valence-electron chi connectivity index (χ4n) is 2.91. The van der Waals surface area contributed by atoms with E-state index in [0.717, 1.165) is 6.42 Å². The standard InChI is InChI=1S/C10H16O/c1-8-9(11)4-7-10(8)5-2-3-6-10/h8H,2-7H2,1H3. The van der Waals surface area contributed by atoms with Gasteiger partial charge in [0.2, 0.25) is 0 Å². The third kappa shape index (κ3) is 0.935. The minimum atomic E-state index is 0.380. The van der Waals surface area contributed by atoms with Crippen LogP contribution in [0.1, 0.15) is 45.4 Å². The lowest BCUT2D eigenvalue weighted by atomic mass is 9.77. The van der Waals surface area contributed by atoms with Crippen LogP contribution in [0, 0.1) is 11.3 Å². The first-order chi connectivity index (χ1) is 5.25. The molecule has 0 aromatic carbocycles. The van der Waals surface area contributed by atoms with Crippen LogP contribution in [0.4, 0.5) is 0 Å². The Labute approximate surface area is 68.2 Å². The van der Waals surface area contributed by atoms with Gasteiger partial charge >= 0.3 is 0 Å². The maximum Gasteiger partial charge on any atom is 0.136 e. The van der Waals surface area contributed by atoms with Crippen molar-refractivity contribution in [3.8, 4) is 0 Å². The summed E-state index contributed by atoms with van der Waals surface area (Å²) < 4.78 is 0. The maximum atomic E-state index is 11.3. The molecule has 0 aromatic rings. The highest BCUT2D eigenvalue weighted by atomic mass is 16.1. The zero-order valence-electron chi connectivity index (χ0n) is 7.23. The van der Waals surface area contributed by atoms with Crippen molar-refractivity contribution in [1.29, 1.82) is 0 Å². The first kappa shape index (κ1) is 7.33. The smallest absolute Gasteiger partial charge is 0.136 e. The Morgan fingerprint density at radius 1 is 1.27 bits per heavy atom. The lowest BCUT2D eigenvalue weighted by Crippen LogP contribution is -2.22. The summed E-state index contributed by atoms with van der Waals surface area (Å²) in [7, 11) is 0. The Morgan fingerprint density at radius 3 is 2.36 bits per heavy atom. The van der Waals surface area contributed by atoms with E-state index in [0.29, 0.717) is 17.1 Å². The summed E-state index contributed by atoms with van der Waals surface area (Å²) in [5.41, 5.74) is 0.469. The van der Waals surface area contributed by atoms with E-state index in [1.54, 1.807) is 0 Å². The number of hydrogen-bond acceptors (Lipinski definition) is 1. The lowest BCUT2D eigenvalue weighted by molar-refractivity contribution is -0.121. The van der Waals surface area contributed by atoms with E-state index in [4.69, 9.17) is 0 Å². The fraction of sp³-hybridized carbons (Fsp3) is 0.900. The largest absolute Gasteiger partial charge is 0.299 e. The van der Waals surface area contributed by atoms with Crippen LogP contribution in [-0.2, 0) is 4.79 Å². The van der Waals surface area contributed by atoms with Gasteiger partial charge < -0.3 is 0 Å². The summed E-state index contributed by atoms with van der Waals surface area (Å²) in [4.78, 5) is 11.3. The first-order valence-corrected chi connectivity index (χ1v) is 4.77. The maximum absolute atomic E-state index is 11.3. The van der Waals surface area contributed by atoms with Crippen LogP contribution in [0.25, 0.3) is 0 Å². The minimum absolute atomic E-state index is 0.380. The first-order valence-electron chi connectivity index (χ1n) is 4.77. The Balaban J connectivity index is 2.19. The average Bonchev–Trinajstić information content (AvgIpc) is 2.56. The highest BCUT2D eigenvalue weighted by molar-refractivity contribution is 5.83. The Hall–Kier alpha value is -0.330. The molecule has 11 heavy (non-hydrogen) atoms. The van der Waals surface area contributed by atoms with Crippen molar-refractivity contribution in [2.24, 2.45) is 11.3 Å². The highest BCUT2D eigenvalue weighted by Crippen LogP contribution is 2.52. The fourth-order valence-corrected chi connectivity index (χ4v) is 2.91. The molecule has 0 radical (unpaired) electrons. The van der Waals surface area contributed by atoms with Crippen molar-refractivity contribution in [1.82, 2.24) is 0 Å². The van der Waals surface area contributed by atoms with Gasteiger partial charge in [-0.3, -0.25) is 4.79 Å². The molecule has 1 nitrogen and oxygen atoms in total. The van der Waals surface area contributed by atoms with Crippen LogP contribution in [0.15, 0.2) is 0 Å². The molecule has 2 aliphatic rings. The van der Waals surface area contributed by atoms with Gasteiger partial charge in [0.15, 0.2) is 0 Å². The molecule has 0 amide bonds. The highest BCUT2D eigenvalue weighted by Gasteiger charge is 2.46. The molecule has 2 aliphatic carbocycles. The van der Waals surface area contributed by atoms with Crippen molar-refractivity contribution in [2.75, 3.05) is 0 Å². The molecule has 1 unspecified atom stereocenters. The van der Waals surface area contributed by atoms with Gasteiger partial charge in [-0.05, 0) is 24.7 Å². The Morgan fingerprint density at radius 2 is 1.91 bits per heavy atom. The molecule has 2 fully saturated rings. The number of hydrogen-bond donors (Lipinski definition) is 0. The number of Topliss-reactive ketones (excluding diaryl/α,β-unsaturated/α-hetero) is 1. The van der Waals surface area contributed by atoms with Gasteiger partial charge in [0.25, 0.3) is 0 Å². The lowest BCUT2D eigenvalue weighted by Gasteiger charge is -2.26. The van der Waals surface area contributed by atoms with Crippen LogP contribution < -0.4 is 0 Å². The zero-order valence-corrected chi connectivity index (χ0v) is 7.23. The quantitative estimate of drug-likeness (QED) is 0.521. The van der Waals surface area contributed by atoms with Gasteiger partial charge in [-0.1, -0.05) is 19.8 Å². The topological polar surface area (TPSA) is 17.1 Å². The molecule has 2 rings (SSSR count). The Bertz CT molecular complexity index is 177. The van der Waals surface area contributed by atoms with Gasteiger partial charge in [0.05, 0.1) is 0 Å². The second-order valence-corrected chi connectivity index (χ2v) is 4.26. The van der Waals surface area contributed by atoms with E-state index < -0.39 is 0 Å². The molecule has 0 heterocycles. The monoisotopic (exact) mass is 152 g/mol. The number of carbonyl (C=O) groups is 1. The van der Waals surface area contributed by atoms with E-state index in [9.17, 15) is 4.79 Å². The molecule has 0 bridgehead atoms. The van der Waals surface area contributed by atoms with Gasteiger partial charge in [-0.15, -0.1) is 0 Å². The van der Waals surface area contributed by atoms with Crippen LogP contribution in [0.3, 0.4) is 0 Å². The summed E-state index contributed by atoms with van der Waals surface area (Å²) in [5.74, 6) is 0.900. The summed E-state index contributed by atoms with van der Waals surface area (Å²) in [6.45, 7) is 2.14. The molecule has 1 atom stereocenters. The second kappa shape index (κ2) is 2.33. The van der Waals surface area contributed by atoms with Crippen LogP contribution in [0.5, 0.6) is 0 Å². The number of carbonyl (C=O) groups excluding carboxylic acids is 1. The summed E-state index contributed by atoms with van der Waals surface area (Å²) >= 11 is 0. The van der Waals surface area contributed by atoms with Gasteiger partial charge in [-0.25, -0.2) is 0 Å². The average molecular weight is 152 g/mol. The SMILES string of the molecule is CC1C(=O)CCC12CCCC2. The normalized spacial score (nSPS) is 35.4. The van der Waals surface area contributed by atoms with Crippen LogP contribution >= 0.6 is 0 Å². The second-order valence-electron chi connectivity index (χ2n) is 4.26. The van der Waals surface area contributed by atoms with Crippen molar-refractivity contribution in [3.63, 3.8) is 0 Å². The summed E-state index contributed by atoms with van der Waals surface area (Å²) in [6, 6.07) is 0. The van der Waals surface area contributed by atoms with E-state index in [1.165, 1.54) is 32.1 Å². The van der Waals surface area contributed by atoms with Crippen LogP contribution in [-0.4, -0.2) is 5.78 Å². The third-order valence-corrected chi connectivity index (χ3v) is 3.87. The minimum Gasteiger partial charge on any atom is -0.299 e. The summed E-state index contributed by atoms with van der Waals surface area (Å²) in [5, 5.41) is 0. The predicted molar refractivity (Wildman–Crippen MR) is 44.3 cm³/mol. The van der Waals surface area contributed by atoms with Crippen molar-refractivity contribution in [2.45, 2.75) is 45.4 Å². The molecule has 0 aliphatic heterocycles. The molecule has 62 valence electrons. The Kier molecular flexibility index (Phi) is 1.55. The molecule has 0 aromatic heterocycles. The van der Waals surface area contributed by atoms with Gasteiger partial charge in [-0.2, -0.15) is 0 Å². The molecular weight excluding hydrogens is 136 g/mol.